The maximum atomic E-state index is 13.9. The van der Waals surface area contributed by atoms with Gasteiger partial charge >= 0.3 is 0 Å². The van der Waals surface area contributed by atoms with Gasteiger partial charge in [-0.25, -0.2) is 4.98 Å². The number of hydrogen-bond acceptors (Lipinski definition) is 7. The van der Waals surface area contributed by atoms with Crippen molar-refractivity contribution in [1.82, 2.24) is 9.38 Å². The molecule has 11 heteroatoms. The molecule has 3 heterocycles. The number of methoxy groups -OCH3 is 1. The Morgan fingerprint density at radius 2 is 1.93 bits per heavy atom. The summed E-state index contributed by atoms with van der Waals surface area (Å²) in [4.78, 5) is 33.0. The van der Waals surface area contributed by atoms with E-state index in [0.29, 0.717) is 59.2 Å². The van der Waals surface area contributed by atoms with Crippen LogP contribution in [0.5, 0.6) is 17.2 Å². The zero-order valence-corrected chi connectivity index (χ0v) is 26.6. The molecule has 46 heavy (non-hydrogen) atoms. The van der Waals surface area contributed by atoms with Crippen molar-refractivity contribution in [3.63, 3.8) is 0 Å². The second-order valence-electron chi connectivity index (χ2n) is 11.2. The molecule has 0 aliphatic carbocycles. The zero-order chi connectivity index (χ0) is 32.4. The highest BCUT2D eigenvalue weighted by molar-refractivity contribution is 6.19. The Labute approximate surface area is 271 Å². The van der Waals surface area contributed by atoms with Crippen LogP contribution in [0.2, 0.25) is 0 Å². The molecule has 2 N–H and O–H groups in total. The molecule has 0 radical (unpaired) electrons. The lowest BCUT2D eigenvalue weighted by Crippen LogP contribution is -2.30. The molecule has 2 aromatic heterocycles. The number of alkyl halides is 1. The summed E-state index contributed by atoms with van der Waals surface area (Å²) in [5, 5.41) is 15.2. The normalized spacial score (nSPS) is 14.8. The number of hydrogen-bond donors (Lipinski definition) is 2. The van der Waals surface area contributed by atoms with Gasteiger partial charge in [-0.05, 0) is 61.9 Å². The molecule has 2 atom stereocenters. The van der Waals surface area contributed by atoms with Crippen LogP contribution in [0.3, 0.4) is 0 Å². The van der Waals surface area contributed by atoms with E-state index in [0.717, 1.165) is 17.4 Å². The van der Waals surface area contributed by atoms with Crippen molar-refractivity contribution in [3.05, 3.63) is 89.9 Å². The van der Waals surface area contributed by atoms with E-state index >= 15 is 0 Å². The van der Waals surface area contributed by atoms with Gasteiger partial charge in [0.2, 0.25) is 0 Å². The molecule has 1 aliphatic heterocycles. The topological polar surface area (TPSA) is 115 Å². The fraction of sp³-hybridized carbons (Fsp3) is 0.286. The smallest absolute Gasteiger partial charge is 0.278 e. The number of aromatic nitrogens is 2. The molecule has 0 saturated heterocycles. The van der Waals surface area contributed by atoms with E-state index in [1.165, 1.54) is 0 Å². The number of fused-ring (bicyclic) bond motifs is 4. The van der Waals surface area contributed by atoms with Crippen LogP contribution >= 0.6 is 11.6 Å². The summed E-state index contributed by atoms with van der Waals surface area (Å²) in [6.07, 6.45) is 4.09. The third-order valence-corrected chi connectivity index (χ3v) is 8.50. The predicted molar refractivity (Wildman–Crippen MR) is 178 cm³/mol. The monoisotopic (exact) mass is 642 g/mol. The Kier molecular flexibility index (Phi) is 9.01. The highest BCUT2D eigenvalue weighted by Crippen LogP contribution is 2.48. The minimum Gasteiger partial charge on any atom is -0.507 e. The van der Waals surface area contributed by atoms with Crippen molar-refractivity contribution < 1.29 is 28.9 Å². The second-order valence-corrected chi connectivity index (χ2v) is 11.5. The lowest BCUT2D eigenvalue weighted by atomic mass is 9.94. The number of benzene rings is 3. The number of nitrogens with one attached hydrogen (secondary N) is 1. The van der Waals surface area contributed by atoms with E-state index in [1.54, 1.807) is 71.3 Å². The number of amides is 2. The molecular formula is C35H35ClN4O6. The van der Waals surface area contributed by atoms with Gasteiger partial charge in [0, 0.05) is 66.2 Å². The van der Waals surface area contributed by atoms with Gasteiger partial charge in [0.1, 0.15) is 28.6 Å². The van der Waals surface area contributed by atoms with Gasteiger partial charge in [-0.15, -0.1) is 11.6 Å². The largest absolute Gasteiger partial charge is 0.507 e. The van der Waals surface area contributed by atoms with Gasteiger partial charge in [-0.3, -0.25) is 9.59 Å². The average molecular weight is 643 g/mol. The summed E-state index contributed by atoms with van der Waals surface area (Å²) in [5.41, 5.74) is 3.21. The van der Waals surface area contributed by atoms with Crippen molar-refractivity contribution >= 4 is 51.2 Å². The molecule has 6 rings (SSSR count). The molecule has 0 saturated carbocycles. The fourth-order valence-corrected chi connectivity index (χ4v) is 6.10. The maximum Gasteiger partial charge on any atom is 0.278 e. The molecule has 10 nitrogen and oxygen atoms in total. The number of aromatic hydroxyl groups is 1. The van der Waals surface area contributed by atoms with E-state index in [-0.39, 0.29) is 41.2 Å². The molecule has 238 valence electrons. The molecule has 1 unspecified atom stereocenters. The van der Waals surface area contributed by atoms with Crippen LogP contribution in [0.25, 0.3) is 16.4 Å². The summed E-state index contributed by atoms with van der Waals surface area (Å²) < 4.78 is 18.6. The summed E-state index contributed by atoms with van der Waals surface area (Å²) in [6, 6.07) is 17.5. The van der Waals surface area contributed by atoms with Gasteiger partial charge in [-0.2, -0.15) is 0 Å². The van der Waals surface area contributed by atoms with Crippen molar-refractivity contribution in [3.8, 4) is 17.2 Å². The third-order valence-electron chi connectivity index (χ3n) is 8.13. The molecule has 0 fully saturated rings. The Balaban J connectivity index is 1.19. The average Bonchev–Trinajstić information content (AvgIpc) is 3.66. The lowest BCUT2D eigenvalue weighted by molar-refractivity contribution is 0.0982. The summed E-state index contributed by atoms with van der Waals surface area (Å²) in [6.45, 7) is 5.58. The van der Waals surface area contributed by atoms with E-state index in [2.05, 4.69) is 10.3 Å². The van der Waals surface area contributed by atoms with Gasteiger partial charge in [0.15, 0.2) is 0 Å². The lowest BCUT2D eigenvalue weighted by Gasteiger charge is -2.17. The molecule has 3 aromatic carbocycles. The quantitative estimate of drug-likeness (QED) is 0.123. The van der Waals surface area contributed by atoms with Gasteiger partial charge < -0.3 is 33.9 Å². The number of phenols is 1. The molecule has 2 amide bonds. The number of rotatable bonds is 11. The first-order valence-electron chi connectivity index (χ1n) is 15.2. The number of ether oxygens (including phenoxy) is 3. The third kappa shape index (κ3) is 6.05. The molecule has 0 spiro atoms. The van der Waals surface area contributed by atoms with E-state index in [4.69, 9.17) is 25.8 Å². The molecule has 1 aliphatic rings. The Hall–Kier alpha value is -4.80. The summed E-state index contributed by atoms with van der Waals surface area (Å²) in [7, 11) is 1.57. The predicted octanol–water partition coefficient (Wildman–Crippen LogP) is 6.63. The molecule has 5 aromatic rings. The first-order chi connectivity index (χ1) is 22.3. The Morgan fingerprint density at radius 1 is 1.13 bits per heavy atom. The Morgan fingerprint density at radius 3 is 2.67 bits per heavy atom. The standard InChI is InChI=1S/C35H35ClN4O6/c1-4-45-15-14-21(2)46-25-11-8-22(9-12-25)34(42)37-24-10-13-31-38-27(20-39(31)19-24)35(43)40-18-23(17-36)32-28(40)16-29(41)26-6-5-7-30(44-3)33(26)32/h5-13,16,19-21,23,41H,4,14-15,17-18H2,1-3H3,(H,37,42)/t21?,23-/m1/s1. The van der Waals surface area contributed by atoms with E-state index in [1.807, 2.05) is 32.0 Å². The van der Waals surface area contributed by atoms with Crippen molar-refractivity contribution in [1.29, 1.82) is 0 Å². The first-order valence-corrected chi connectivity index (χ1v) is 15.7. The fourth-order valence-electron chi connectivity index (χ4n) is 5.85. The van der Waals surface area contributed by atoms with E-state index < -0.39 is 0 Å². The number of nitrogens with zero attached hydrogens (tertiary/aromatic N) is 3. The van der Waals surface area contributed by atoms with Crippen LogP contribution in [-0.4, -0.2) is 65.2 Å². The number of imidazole rings is 1. The van der Waals surface area contributed by atoms with Crippen LogP contribution in [0.4, 0.5) is 11.4 Å². The van der Waals surface area contributed by atoms with Crippen LogP contribution < -0.4 is 19.7 Å². The van der Waals surface area contributed by atoms with Crippen LogP contribution in [0.15, 0.2) is 73.1 Å². The number of carbonyl (C=O) groups is 2. The van der Waals surface area contributed by atoms with Crippen LogP contribution in [0, 0.1) is 0 Å². The van der Waals surface area contributed by atoms with Crippen LogP contribution in [-0.2, 0) is 4.74 Å². The number of carbonyl (C=O) groups excluding carboxylic acids is 2. The summed E-state index contributed by atoms with van der Waals surface area (Å²) in [5.74, 6) is 0.836. The second kappa shape index (κ2) is 13.3. The number of anilines is 2. The molecular weight excluding hydrogens is 608 g/mol. The maximum absolute atomic E-state index is 13.9. The summed E-state index contributed by atoms with van der Waals surface area (Å²) >= 11 is 6.40. The first kappa shape index (κ1) is 31.2. The van der Waals surface area contributed by atoms with Crippen LogP contribution in [0.1, 0.15) is 52.6 Å². The van der Waals surface area contributed by atoms with Gasteiger partial charge in [0.05, 0.1) is 31.2 Å². The number of halogens is 1. The van der Waals surface area contributed by atoms with Crippen molar-refractivity contribution in [2.75, 3.05) is 43.0 Å². The van der Waals surface area contributed by atoms with Crippen molar-refractivity contribution in [2.45, 2.75) is 32.3 Å². The van der Waals surface area contributed by atoms with E-state index in [9.17, 15) is 14.7 Å². The van der Waals surface area contributed by atoms with Crippen molar-refractivity contribution in [2.24, 2.45) is 0 Å². The highest BCUT2D eigenvalue weighted by Gasteiger charge is 2.36. The number of pyridine rings is 1. The minimum atomic E-state index is -0.327. The van der Waals surface area contributed by atoms with Gasteiger partial charge in [-0.1, -0.05) is 12.1 Å². The zero-order valence-electron chi connectivity index (χ0n) is 25.8. The highest BCUT2D eigenvalue weighted by atomic mass is 35.5. The number of phenolic OH excluding ortho intramolecular Hbond substituents is 1. The Bertz CT molecular complexity index is 1910. The molecule has 0 bridgehead atoms. The SMILES string of the molecule is CCOCCC(C)Oc1ccc(C(=O)Nc2ccc3nc(C(=O)N4C[C@@H](CCl)c5c4cc(O)c4cccc(OC)c54)cn3c2)cc1. The minimum absolute atomic E-state index is 0.0116. The van der Waals surface area contributed by atoms with Gasteiger partial charge in [0.25, 0.3) is 11.8 Å².